The lowest BCUT2D eigenvalue weighted by Gasteiger charge is -2.09. The van der Waals surface area contributed by atoms with Gasteiger partial charge >= 0.3 is 0 Å². The Kier molecular flexibility index (Phi) is 3.56. The zero-order chi connectivity index (χ0) is 13.9. The first-order valence-corrected chi connectivity index (χ1v) is 7.08. The van der Waals surface area contributed by atoms with Gasteiger partial charge in [0, 0.05) is 15.6 Å². The number of para-hydroxylation sites is 2. The van der Waals surface area contributed by atoms with E-state index in [9.17, 15) is 4.39 Å². The van der Waals surface area contributed by atoms with Gasteiger partial charge in [0.2, 0.25) is 0 Å². The molecule has 0 saturated heterocycles. The molecule has 4 heteroatoms. The largest absolute Gasteiger partial charge is 0.493 e. The Balaban J connectivity index is 1.87. The first-order chi connectivity index (χ1) is 9.79. The minimum atomic E-state index is -0.206. The van der Waals surface area contributed by atoms with E-state index in [-0.39, 0.29) is 5.82 Å². The molecule has 20 heavy (non-hydrogen) atoms. The van der Waals surface area contributed by atoms with Crippen molar-refractivity contribution in [2.45, 2.75) is 6.61 Å². The zero-order valence-electron chi connectivity index (χ0n) is 10.9. The van der Waals surface area contributed by atoms with Crippen molar-refractivity contribution in [2.75, 3.05) is 7.11 Å². The molecule has 0 atom stereocenters. The van der Waals surface area contributed by atoms with Crippen LogP contribution in [0, 0.1) is 5.82 Å². The van der Waals surface area contributed by atoms with E-state index < -0.39 is 0 Å². The van der Waals surface area contributed by atoms with Crippen LogP contribution in [0.3, 0.4) is 0 Å². The molecule has 3 rings (SSSR count). The maximum absolute atomic E-state index is 13.9. The summed E-state index contributed by atoms with van der Waals surface area (Å²) >= 11 is 1.52. The van der Waals surface area contributed by atoms with Crippen LogP contribution < -0.4 is 9.47 Å². The van der Waals surface area contributed by atoms with Gasteiger partial charge in [0.1, 0.15) is 12.4 Å². The second-order valence-electron chi connectivity index (χ2n) is 4.31. The Bertz CT molecular complexity index is 736. The van der Waals surface area contributed by atoms with Crippen molar-refractivity contribution in [3.63, 3.8) is 0 Å². The normalized spacial score (nSPS) is 10.7. The van der Waals surface area contributed by atoms with Crippen molar-refractivity contribution in [3.05, 3.63) is 59.2 Å². The molecule has 0 aliphatic heterocycles. The van der Waals surface area contributed by atoms with Crippen molar-refractivity contribution in [1.29, 1.82) is 0 Å². The Hall–Kier alpha value is -2.07. The molecular formula is C16H13FO2S. The average Bonchev–Trinajstić information content (AvgIpc) is 2.90. The van der Waals surface area contributed by atoms with Crippen LogP contribution in [-0.4, -0.2) is 7.11 Å². The van der Waals surface area contributed by atoms with Crippen molar-refractivity contribution in [3.8, 4) is 11.5 Å². The zero-order valence-corrected chi connectivity index (χ0v) is 11.7. The average molecular weight is 288 g/mol. The molecule has 2 aromatic carbocycles. The van der Waals surface area contributed by atoms with E-state index in [0.717, 1.165) is 10.3 Å². The SMILES string of the molecule is COc1ccccc1OCc1csc2cccc(F)c12. The summed E-state index contributed by atoms with van der Waals surface area (Å²) in [6.07, 6.45) is 0. The first kappa shape index (κ1) is 12.9. The van der Waals surface area contributed by atoms with Gasteiger partial charge in [-0.3, -0.25) is 0 Å². The summed E-state index contributed by atoms with van der Waals surface area (Å²) in [5.41, 5.74) is 0.856. The summed E-state index contributed by atoms with van der Waals surface area (Å²) in [5.74, 6) is 1.13. The van der Waals surface area contributed by atoms with Crippen molar-refractivity contribution in [2.24, 2.45) is 0 Å². The monoisotopic (exact) mass is 288 g/mol. The third-order valence-electron chi connectivity index (χ3n) is 3.08. The number of hydrogen-bond acceptors (Lipinski definition) is 3. The van der Waals surface area contributed by atoms with E-state index >= 15 is 0 Å². The summed E-state index contributed by atoms with van der Waals surface area (Å²) in [6, 6.07) is 12.5. The Labute approximate surface area is 120 Å². The fraction of sp³-hybridized carbons (Fsp3) is 0.125. The molecule has 2 nitrogen and oxygen atoms in total. The van der Waals surface area contributed by atoms with Crippen LogP contribution in [0.5, 0.6) is 11.5 Å². The lowest BCUT2D eigenvalue weighted by molar-refractivity contribution is 0.286. The van der Waals surface area contributed by atoms with Gasteiger partial charge in [-0.05, 0) is 29.6 Å². The number of ether oxygens (including phenoxy) is 2. The van der Waals surface area contributed by atoms with Gasteiger partial charge in [-0.15, -0.1) is 11.3 Å². The van der Waals surface area contributed by atoms with Gasteiger partial charge in [0.15, 0.2) is 11.5 Å². The van der Waals surface area contributed by atoms with Gasteiger partial charge in [-0.1, -0.05) is 18.2 Å². The first-order valence-electron chi connectivity index (χ1n) is 6.20. The van der Waals surface area contributed by atoms with E-state index in [1.165, 1.54) is 17.4 Å². The molecule has 0 spiro atoms. The molecule has 1 aromatic heterocycles. The quantitative estimate of drug-likeness (QED) is 0.697. The molecule has 1 heterocycles. The smallest absolute Gasteiger partial charge is 0.161 e. The summed E-state index contributed by atoms with van der Waals surface area (Å²) in [5, 5.41) is 2.58. The molecule has 0 saturated carbocycles. The van der Waals surface area contributed by atoms with Crippen molar-refractivity contribution >= 4 is 21.4 Å². The minimum absolute atomic E-state index is 0.206. The van der Waals surface area contributed by atoms with Crippen LogP contribution in [0.15, 0.2) is 47.8 Å². The molecular weight excluding hydrogens is 275 g/mol. The highest BCUT2D eigenvalue weighted by Gasteiger charge is 2.10. The molecule has 0 unspecified atom stereocenters. The fourth-order valence-electron chi connectivity index (χ4n) is 2.11. The lowest BCUT2D eigenvalue weighted by Crippen LogP contribution is -1.97. The van der Waals surface area contributed by atoms with E-state index in [0.29, 0.717) is 23.5 Å². The molecule has 3 aromatic rings. The van der Waals surface area contributed by atoms with Crippen LogP contribution in [0.25, 0.3) is 10.1 Å². The number of fused-ring (bicyclic) bond motifs is 1. The molecule has 0 amide bonds. The van der Waals surface area contributed by atoms with E-state index in [1.807, 2.05) is 35.7 Å². The fourth-order valence-corrected chi connectivity index (χ4v) is 3.07. The highest BCUT2D eigenvalue weighted by Crippen LogP contribution is 2.31. The highest BCUT2D eigenvalue weighted by atomic mass is 32.1. The van der Waals surface area contributed by atoms with Gasteiger partial charge in [-0.25, -0.2) is 4.39 Å². The Morgan fingerprint density at radius 3 is 2.65 bits per heavy atom. The number of halogens is 1. The Morgan fingerprint density at radius 1 is 1.05 bits per heavy atom. The van der Waals surface area contributed by atoms with E-state index in [2.05, 4.69) is 0 Å². The van der Waals surface area contributed by atoms with Crippen LogP contribution in [0.2, 0.25) is 0 Å². The summed E-state index contributed by atoms with van der Waals surface area (Å²) < 4.78 is 25.8. The summed E-state index contributed by atoms with van der Waals surface area (Å²) in [4.78, 5) is 0. The number of rotatable bonds is 4. The van der Waals surface area contributed by atoms with Gasteiger partial charge < -0.3 is 9.47 Å². The third kappa shape index (κ3) is 2.34. The van der Waals surface area contributed by atoms with E-state index in [4.69, 9.17) is 9.47 Å². The maximum atomic E-state index is 13.9. The number of methoxy groups -OCH3 is 1. The van der Waals surface area contributed by atoms with Crippen molar-refractivity contribution in [1.82, 2.24) is 0 Å². The lowest BCUT2D eigenvalue weighted by atomic mass is 10.2. The number of thiophene rings is 1. The third-order valence-corrected chi connectivity index (χ3v) is 4.07. The van der Waals surface area contributed by atoms with Crippen molar-refractivity contribution < 1.29 is 13.9 Å². The molecule has 0 fully saturated rings. The predicted molar refractivity (Wildman–Crippen MR) is 79.1 cm³/mol. The Morgan fingerprint density at radius 2 is 1.85 bits per heavy atom. The van der Waals surface area contributed by atoms with Crippen LogP contribution in [-0.2, 0) is 6.61 Å². The van der Waals surface area contributed by atoms with E-state index in [1.54, 1.807) is 13.2 Å². The standard InChI is InChI=1S/C16H13FO2S/c1-18-13-6-2-3-7-14(13)19-9-11-10-20-15-8-4-5-12(17)16(11)15/h2-8,10H,9H2,1H3. The number of hydrogen-bond donors (Lipinski definition) is 0. The highest BCUT2D eigenvalue weighted by molar-refractivity contribution is 7.17. The maximum Gasteiger partial charge on any atom is 0.161 e. The van der Waals surface area contributed by atoms with Gasteiger partial charge in [0.25, 0.3) is 0 Å². The molecule has 0 aliphatic rings. The number of benzene rings is 2. The van der Waals surface area contributed by atoms with Crippen LogP contribution in [0.4, 0.5) is 4.39 Å². The molecule has 0 radical (unpaired) electrons. The van der Waals surface area contributed by atoms with Crippen LogP contribution in [0.1, 0.15) is 5.56 Å². The summed E-state index contributed by atoms with van der Waals surface area (Å²) in [6.45, 7) is 0.321. The predicted octanol–water partition coefficient (Wildman–Crippen LogP) is 4.63. The molecule has 0 aliphatic carbocycles. The second kappa shape index (κ2) is 5.51. The molecule has 102 valence electrons. The molecule has 0 N–H and O–H groups in total. The topological polar surface area (TPSA) is 18.5 Å². The van der Waals surface area contributed by atoms with Gasteiger partial charge in [-0.2, -0.15) is 0 Å². The second-order valence-corrected chi connectivity index (χ2v) is 5.22. The van der Waals surface area contributed by atoms with Gasteiger partial charge in [0.05, 0.1) is 7.11 Å². The van der Waals surface area contributed by atoms with Crippen LogP contribution >= 0.6 is 11.3 Å². The molecule has 0 bridgehead atoms. The summed E-state index contributed by atoms with van der Waals surface area (Å²) in [7, 11) is 1.60. The minimum Gasteiger partial charge on any atom is -0.493 e.